The van der Waals surface area contributed by atoms with E-state index in [2.05, 4.69) is 0 Å². The summed E-state index contributed by atoms with van der Waals surface area (Å²) >= 11 is 0. The Morgan fingerprint density at radius 3 is 2.73 bits per heavy atom. The van der Waals surface area contributed by atoms with Crippen LogP contribution in [-0.2, 0) is 20.9 Å². The van der Waals surface area contributed by atoms with Gasteiger partial charge in [0.25, 0.3) is 0 Å². The second-order valence-electron chi connectivity index (χ2n) is 5.55. The van der Waals surface area contributed by atoms with Gasteiger partial charge in [-0.05, 0) is 40.7 Å². The Kier molecular flexibility index (Phi) is 3.63. The van der Waals surface area contributed by atoms with Gasteiger partial charge in [-0.15, -0.1) is 0 Å². The molecule has 1 N–H and O–H groups in total. The summed E-state index contributed by atoms with van der Waals surface area (Å²) in [7, 11) is -4.49. The fourth-order valence-corrected chi connectivity index (χ4v) is 4.52. The van der Waals surface area contributed by atoms with Gasteiger partial charge in [0, 0.05) is 0 Å². The highest BCUT2D eigenvalue weighted by molar-refractivity contribution is 7.91. The zero-order valence-corrected chi connectivity index (χ0v) is 12.0. The van der Waals surface area contributed by atoms with Crippen LogP contribution in [0.1, 0.15) is 30.2 Å². The Bertz CT molecular complexity index is 832. The largest absolute Gasteiger partial charge is 0.492 e. The van der Waals surface area contributed by atoms with Crippen molar-refractivity contribution in [2.75, 3.05) is 5.75 Å². The van der Waals surface area contributed by atoms with Gasteiger partial charge in [-0.2, -0.15) is 0 Å². The Balaban J connectivity index is 0.00000144. The predicted octanol–water partition coefficient (Wildman–Crippen LogP) is 1.46. The summed E-state index contributed by atoms with van der Waals surface area (Å²) in [5.74, 6) is -0.153. The lowest BCUT2D eigenvalue weighted by atomic mass is 9.78. The standard InChI is InChI=1S/C15H13BO4S.CH4/c17-16-14-8-11-4-5-13(14)15(20-16)9-21(18,19)12-3-1-2-10(6-11)7-12;/h1-5,7-8,15,17H,6,9H2;1H4. The Labute approximate surface area is 130 Å². The molecule has 3 heterocycles. The molecule has 3 aliphatic heterocycles. The molecule has 0 aromatic heterocycles. The third-order valence-electron chi connectivity index (χ3n) is 4.09. The fourth-order valence-electron chi connectivity index (χ4n) is 3.05. The SMILES string of the molecule is C.O=S1(=O)CC2OB(O)c3cc(ccc32)Cc2cccc1c2. The monoisotopic (exact) mass is 316 g/mol. The molecule has 1 unspecified atom stereocenters. The molecular formula is C16H17BO4S. The van der Waals surface area contributed by atoms with Crippen molar-refractivity contribution < 1.29 is 18.1 Å². The molecule has 0 spiro atoms. The maximum Gasteiger partial charge on any atom is 0.492 e. The summed E-state index contributed by atoms with van der Waals surface area (Å²) in [4.78, 5) is 0.314. The van der Waals surface area contributed by atoms with Crippen LogP contribution in [0.3, 0.4) is 0 Å². The molecule has 5 rings (SSSR count). The minimum absolute atomic E-state index is 0. The number of rotatable bonds is 0. The molecule has 1 atom stereocenters. The third kappa shape index (κ3) is 2.37. The Morgan fingerprint density at radius 2 is 1.91 bits per heavy atom. The summed E-state index contributed by atoms with van der Waals surface area (Å²) < 4.78 is 30.5. The molecule has 22 heavy (non-hydrogen) atoms. The van der Waals surface area contributed by atoms with E-state index in [1.165, 1.54) is 0 Å². The van der Waals surface area contributed by atoms with Crippen LogP contribution < -0.4 is 5.46 Å². The number of benzene rings is 2. The molecular weight excluding hydrogens is 299 g/mol. The van der Waals surface area contributed by atoms with Crippen LogP contribution in [0.4, 0.5) is 0 Å². The first kappa shape index (κ1) is 15.3. The topological polar surface area (TPSA) is 63.6 Å². The molecule has 0 amide bonds. The smallest absolute Gasteiger partial charge is 0.423 e. The molecule has 2 aromatic rings. The molecule has 6 bridgehead atoms. The van der Waals surface area contributed by atoms with E-state index in [4.69, 9.17) is 4.65 Å². The molecule has 0 saturated heterocycles. The fraction of sp³-hybridized carbons (Fsp3) is 0.250. The molecule has 0 saturated carbocycles. The molecule has 0 radical (unpaired) electrons. The van der Waals surface area contributed by atoms with Crippen molar-refractivity contribution in [3.63, 3.8) is 0 Å². The van der Waals surface area contributed by atoms with Crippen LogP contribution in [0.2, 0.25) is 0 Å². The molecule has 3 aliphatic rings. The van der Waals surface area contributed by atoms with E-state index in [1.54, 1.807) is 18.2 Å². The zero-order valence-electron chi connectivity index (χ0n) is 11.2. The molecule has 2 aromatic carbocycles. The highest BCUT2D eigenvalue weighted by Crippen LogP contribution is 2.29. The van der Waals surface area contributed by atoms with Gasteiger partial charge in [-0.1, -0.05) is 37.8 Å². The third-order valence-corrected chi connectivity index (χ3v) is 5.81. The van der Waals surface area contributed by atoms with E-state index in [-0.39, 0.29) is 13.2 Å². The van der Waals surface area contributed by atoms with Crippen molar-refractivity contribution in [3.8, 4) is 0 Å². The van der Waals surface area contributed by atoms with Gasteiger partial charge in [-0.3, -0.25) is 0 Å². The maximum absolute atomic E-state index is 12.5. The van der Waals surface area contributed by atoms with Crippen LogP contribution in [0.5, 0.6) is 0 Å². The Morgan fingerprint density at radius 1 is 1.14 bits per heavy atom. The van der Waals surface area contributed by atoms with Gasteiger partial charge in [0.1, 0.15) is 0 Å². The molecule has 114 valence electrons. The maximum atomic E-state index is 12.5. The minimum Gasteiger partial charge on any atom is -0.423 e. The van der Waals surface area contributed by atoms with E-state index >= 15 is 0 Å². The Hall–Kier alpha value is -1.63. The van der Waals surface area contributed by atoms with Crippen LogP contribution in [0.25, 0.3) is 0 Å². The van der Waals surface area contributed by atoms with Crippen LogP contribution in [0, 0.1) is 0 Å². The van der Waals surface area contributed by atoms with E-state index in [9.17, 15) is 13.4 Å². The van der Waals surface area contributed by atoms with E-state index in [0.717, 1.165) is 16.7 Å². The summed E-state index contributed by atoms with van der Waals surface area (Å²) in [5, 5.41) is 10.0. The van der Waals surface area contributed by atoms with Crippen molar-refractivity contribution >= 4 is 22.4 Å². The summed E-state index contributed by atoms with van der Waals surface area (Å²) in [6.07, 6.45) is 0.0180. The second-order valence-corrected chi connectivity index (χ2v) is 7.58. The molecule has 4 nitrogen and oxygen atoms in total. The predicted molar refractivity (Wildman–Crippen MR) is 85.9 cm³/mol. The zero-order chi connectivity index (χ0) is 14.6. The van der Waals surface area contributed by atoms with E-state index in [0.29, 0.717) is 16.8 Å². The van der Waals surface area contributed by atoms with Gasteiger partial charge in [0.15, 0.2) is 9.84 Å². The van der Waals surface area contributed by atoms with Crippen molar-refractivity contribution in [2.45, 2.75) is 24.8 Å². The van der Waals surface area contributed by atoms with Gasteiger partial charge in [0.2, 0.25) is 0 Å². The second kappa shape index (κ2) is 5.23. The average Bonchev–Trinajstić information content (AvgIpc) is 2.73. The van der Waals surface area contributed by atoms with Crippen molar-refractivity contribution in [2.24, 2.45) is 0 Å². The van der Waals surface area contributed by atoms with Gasteiger partial charge in [0.05, 0.1) is 16.8 Å². The number of fused-ring (bicyclic) bond motifs is 2. The van der Waals surface area contributed by atoms with E-state index in [1.807, 2.05) is 24.3 Å². The molecule has 0 aliphatic carbocycles. The van der Waals surface area contributed by atoms with Crippen molar-refractivity contribution in [1.82, 2.24) is 0 Å². The quantitative estimate of drug-likeness (QED) is 0.748. The van der Waals surface area contributed by atoms with E-state index < -0.39 is 23.1 Å². The number of sulfone groups is 1. The lowest BCUT2D eigenvalue weighted by Gasteiger charge is -2.13. The van der Waals surface area contributed by atoms with Gasteiger partial charge in [-0.25, -0.2) is 8.42 Å². The first-order valence-corrected chi connectivity index (χ1v) is 8.46. The first-order chi connectivity index (χ1) is 10.0. The summed E-state index contributed by atoms with van der Waals surface area (Å²) in [6, 6.07) is 12.8. The highest BCUT2D eigenvalue weighted by Gasteiger charge is 2.38. The average molecular weight is 316 g/mol. The van der Waals surface area contributed by atoms with Gasteiger partial charge < -0.3 is 9.68 Å². The van der Waals surface area contributed by atoms with Crippen molar-refractivity contribution in [1.29, 1.82) is 0 Å². The lowest BCUT2D eigenvalue weighted by molar-refractivity contribution is 0.211. The van der Waals surface area contributed by atoms with Crippen LogP contribution in [-0.4, -0.2) is 26.3 Å². The van der Waals surface area contributed by atoms with Gasteiger partial charge >= 0.3 is 7.12 Å². The summed E-state index contributed by atoms with van der Waals surface area (Å²) in [5.41, 5.74) is 3.44. The molecule has 0 fully saturated rings. The number of hydrogen-bond acceptors (Lipinski definition) is 4. The summed E-state index contributed by atoms with van der Waals surface area (Å²) in [6.45, 7) is 0. The normalized spacial score (nSPS) is 21.1. The van der Waals surface area contributed by atoms with Crippen molar-refractivity contribution in [3.05, 3.63) is 59.2 Å². The lowest BCUT2D eigenvalue weighted by Crippen LogP contribution is -2.28. The number of hydrogen-bond donors (Lipinski definition) is 1. The van der Waals surface area contributed by atoms with Crippen LogP contribution >= 0.6 is 0 Å². The minimum atomic E-state index is -3.45. The van der Waals surface area contributed by atoms with Crippen LogP contribution in [0.15, 0.2) is 47.4 Å². The first-order valence-electron chi connectivity index (χ1n) is 6.81. The molecule has 6 heteroatoms. The highest BCUT2D eigenvalue weighted by atomic mass is 32.2.